The molecule has 0 fully saturated rings. The van der Waals surface area contributed by atoms with Crippen molar-refractivity contribution >= 4 is 11.9 Å². The van der Waals surface area contributed by atoms with Crippen LogP contribution in [0, 0.1) is 0 Å². The van der Waals surface area contributed by atoms with Gasteiger partial charge in [-0.1, -0.05) is 27.7 Å². The second-order valence-electron chi connectivity index (χ2n) is 4.93. The zero-order valence-electron chi connectivity index (χ0n) is 11.2. The lowest BCUT2D eigenvalue weighted by atomic mass is 9.88. The number of hydrogen-bond donors (Lipinski definition) is 1. The molecular weight excluding hydrogens is 218 g/mol. The maximum Gasteiger partial charge on any atom is 0.436 e. The van der Waals surface area contributed by atoms with E-state index in [4.69, 9.17) is 10.5 Å². The number of carbonyl (C=O) groups excluding carboxylic acids is 1. The van der Waals surface area contributed by atoms with Gasteiger partial charge in [0.1, 0.15) is 5.82 Å². The third-order valence-electron chi connectivity index (χ3n) is 2.53. The second kappa shape index (κ2) is 4.77. The summed E-state index contributed by atoms with van der Waals surface area (Å²) in [5.41, 5.74) is 7.57. The van der Waals surface area contributed by atoms with E-state index < -0.39 is 6.09 Å². The van der Waals surface area contributed by atoms with Crippen LogP contribution in [0.2, 0.25) is 0 Å². The Kier molecular flexibility index (Phi) is 3.80. The van der Waals surface area contributed by atoms with Crippen LogP contribution in [0.1, 0.15) is 45.9 Å². The molecule has 1 rings (SSSR count). The Bertz CT molecular complexity index is 416. The number of nitrogen functional groups attached to an aromatic ring is 1. The van der Waals surface area contributed by atoms with E-state index in [0.717, 1.165) is 22.4 Å². The summed E-state index contributed by atoms with van der Waals surface area (Å²) in [6.07, 6.45) is 0.230. The van der Waals surface area contributed by atoms with E-state index in [2.05, 4.69) is 5.10 Å². The number of carbonyl (C=O) groups is 1. The molecule has 2 N–H and O–H groups in total. The van der Waals surface area contributed by atoms with Gasteiger partial charge in [0.05, 0.1) is 12.3 Å². The lowest BCUT2D eigenvalue weighted by Gasteiger charge is -2.16. The average Bonchev–Trinajstić information content (AvgIpc) is 2.55. The van der Waals surface area contributed by atoms with Gasteiger partial charge >= 0.3 is 6.09 Å². The van der Waals surface area contributed by atoms with Gasteiger partial charge in [-0.25, -0.2) is 4.79 Å². The first kappa shape index (κ1) is 13.5. The molecule has 0 atom stereocenters. The van der Waals surface area contributed by atoms with Crippen molar-refractivity contribution in [2.24, 2.45) is 0 Å². The van der Waals surface area contributed by atoms with Crippen LogP contribution in [0.5, 0.6) is 0 Å². The first-order valence-electron chi connectivity index (χ1n) is 5.87. The summed E-state index contributed by atoms with van der Waals surface area (Å²) >= 11 is 0. The van der Waals surface area contributed by atoms with Crippen molar-refractivity contribution < 1.29 is 9.53 Å². The van der Waals surface area contributed by atoms with E-state index >= 15 is 0 Å². The van der Waals surface area contributed by atoms with E-state index in [9.17, 15) is 4.79 Å². The lowest BCUT2D eigenvalue weighted by molar-refractivity contribution is 0.151. The Hall–Kier alpha value is -1.52. The molecule has 0 saturated carbocycles. The molecule has 0 spiro atoms. The van der Waals surface area contributed by atoms with Gasteiger partial charge in [-0.3, -0.25) is 0 Å². The smallest absolute Gasteiger partial charge is 0.436 e. The minimum absolute atomic E-state index is 0.142. The van der Waals surface area contributed by atoms with Crippen molar-refractivity contribution in [2.75, 3.05) is 12.3 Å². The Labute approximate surface area is 102 Å². The molecule has 5 nitrogen and oxygen atoms in total. The van der Waals surface area contributed by atoms with Gasteiger partial charge in [0.25, 0.3) is 0 Å². The maximum atomic E-state index is 11.7. The van der Waals surface area contributed by atoms with E-state index in [1.54, 1.807) is 6.92 Å². The first-order chi connectivity index (χ1) is 7.82. The van der Waals surface area contributed by atoms with Gasteiger partial charge < -0.3 is 10.5 Å². The van der Waals surface area contributed by atoms with Crippen molar-refractivity contribution in [3.05, 3.63) is 11.3 Å². The van der Waals surface area contributed by atoms with Crippen molar-refractivity contribution in [2.45, 2.75) is 46.5 Å². The molecule has 0 aliphatic heterocycles. The monoisotopic (exact) mass is 239 g/mol. The van der Waals surface area contributed by atoms with Gasteiger partial charge in [-0.2, -0.15) is 5.10 Å². The highest BCUT2D eigenvalue weighted by Crippen LogP contribution is 2.29. The topological polar surface area (TPSA) is 70.1 Å². The summed E-state index contributed by atoms with van der Waals surface area (Å²) in [4.78, 5) is 11.7. The van der Waals surface area contributed by atoms with E-state index in [0.29, 0.717) is 12.4 Å². The number of rotatable bonds is 2. The van der Waals surface area contributed by atoms with Gasteiger partial charge in [0.15, 0.2) is 0 Å². The molecule has 1 aromatic heterocycles. The molecular formula is C12H21N3O2. The number of hydrogen-bond acceptors (Lipinski definition) is 4. The molecule has 96 valence electrons. The third-order valence-corrected chi connectivity index (χ3v) is 2.53. The number of nitrogens with two attached hydrogens (primary N) is 1. The third kappa shape index (κ3) is 2.60. The van der Waals surface area contributed by atoms with Crippen LogP contribution in [0.3, 0.4) is 0 Å². The molecule has 0 amide bonds. The minimum atomic E-state index is -0.518. The number of aromatic nitrogens is 2. The van der Waals surface area contributed by atoms with Crippen LogP contribution in [0.15, 0.2) is 0 Å². The molecule has 0 bridgehead atoms. The zero-order chi connectivity index (χ0) is 13.2. The zero-order valence-corrected chi connectivity index (χ0v) is 11.2. The first-order valence-corrected chi connectivity index (χ1v) is 5.87. The molecule has 5 heteroatoms. The molecule has 0 radical (unpaired) electrons. The Morgan fingerprint density at radius 1 is 1.41 bits per heavy atom. The molecule has 0 aromatic carbocycles. The van der Waals surface area contributed by atoms with E-state index in [-0.39, 0.29) is 5.41 Å². The quantitative estimate of drug-likeness (QED) is 0.859. The number of nitrogens with zero attached hydrogens (tertiary/aromatic N) is 2. The summed E-state index contributed by atoms with van der Waals surface area (Å²) < 4.78 is 6.07. The van der Waals surface area contributed by atoms with Gasteiger partial charge in [-0.15, -0.1) is 4.68 Å². The van der Waals surface area contributed by atoms with E-state index in [1.165, 1.54) is 0 Å². The summed E-state index contributed by atoms with van der Waals surface area (Å²) in [6.45, 7) is 10.2. The highest BCUT2D eigenvalue weighted by molar-refractivity contribution is 5.74. The lowest BCUT2D eigenvalue weighted by Crippen LogP contribution is -2.19. The Balaban J connectivity index is 3.27. The van der Waals surface area contributed by atoms with Crippen LogP contribution >= 0.6 is 0 Å². The SMILES string of the molecule is CCOC(=O)n1nc(C(C)(C)C)c(CC)c1N. The second-order valence-corrected chi connectivity index (χ2v) is 4.93. The van der Waals surface area contributed by atoms with Crippen molar-refractivity contribution in [1.82, 2.24) is 9.78 Å². The predicted molar refractivity (Wildman–Crippen MR) is 67.1 cm³/mol. The summed E-state index contributed by atoms with van der Waals surface area (Å²) in [7, 11) is 0. The molecule has 1 heterocycles. The van der Waals surface area contributed by atoms with E-state index in [1.807, 2.05) is 27.7 Å². The minimum Gasteiger partial charge on any atom is -0.448 e. The molecule has 0 aliphatic rings. The van der Waals surface area contributed by atoms with Crippen molar-refractivity contribution in [3.63, 3.8) is 0 Å². The number of ether oxygens (including phenoxy) is 1. The van der Waals surface area contributed by atoms with Crippen LogP contribution in [-0.4, -0.2) is 22.5 Å². The molecule has 0 unspecified atom stereocenters. The fourth-order valence-electron chi connectivity index (χ4n) is 1.74. The summed E-state index contributed by atoms with van der Waals surface area (Å²) in [5, 5.41) is 4.29. The van der Waals surface area contributed by atoms with Crippen LogP contribution in [-0.2, 0) is 16.6 Å². The Morgan fingerprint density at radius 3 is 2.35 bits per heavy atom. The van der Waals surface area contributed by atoms with Crippen LogP contribution in [0.25, 0.3) is 0 Å². The highest BCUT2D eigenvalue weighted by atomic mass is 16.6. The maximum absolute atomic E-state index is 11.7. The van der Waals surface area contributed by atoms with Crippen molar-refractivity contribution in [1.29, 1.82) is 0 Å². The highest BCUT2D eigenvalue weighted by Gasteiger charge is 2.26. The largest absolute Gasteiger partial charge is 0.448 e. The average molecular weight is 239 g/mol. The van der Waals surface area contributed by atoms with Crippen LogP contribution < -0.4 is 5.73 Å². The summed E-state index contributed by atoms with van der Waals surface area (Å²) in [5.74, 6) is 0.385. The van der Waals surface area contributed by atoms with Gasteiger partial charge in [0.2, 0.25) is 0 Å². The Morgan fingerprint density at radius 2 is 2.00 bits per heavy atom. The molecule has 1 aromatic rings. The van der Waals surface area contributed by atoms with Gasteiger partial charge in [-0.05, 0) is 13.3 Å². The predicted octanol–water partition coefficient (Wildman–Crippen LogP) is 2.33. The molecule has 17 heavy (non-hydrogen) atoms. The summed E-state index contributed by atoms with van der Waals surface area (Å²) in [6, 6.07) is 0. The normalized spacial score (nSPS) is 11.6. The molecule has 0 aliphatic carbocycles. The van der Waals surface area contributed by atoms with Crippen molar-refractivity contribution in [3.8, 4) is 0 Å². The number of anilines is 1. The van der Waals surface area contributed by atoms with Gasteiger partial charge in [0, 0.05) is 11.0 Å². The standard InChI is InChI=1S/C12H21N3O2/c1-6-8-9(12(3,4)5)14-15(10(8)13)11(16)17-7-2/h6-7,13H2,1-5H3. The van der Waals surface area contributed by atoms with Crippen LogP contribution in [0.4, 0.5) is 10.6 Å². The fraction of sp³-hybridized carbons (Fsp3) is 0.667. The fourth-order valence-corrected chi connectivity index (χ4v) is 1.74. The molecule has 0 saturated heterocycles.